The van der Waals surface area contributed by atoms with E-state index in [-0.39, 0.29) is 18.3 Å². The quantitative estimate of drug-likeness (QED) is 0.100. The Labute approximate surface area is 840 Å². The van der Waals surface area contributed by atoms with Crippen LogP contribution in [0.5, 0.6) is 0 Å². The van der Waals surface area contributed by atoms with Gasteiger partial charge in [0, 0.05) is 26.4 Å². The molecule has 678 valence electrons. The Bertz CT molecular complexity index is 9890. The minimum Gasteiger partial charge on any atom is -0.399 e. The Hall–Kier alpha value is -17.4. The zero-order valence-corrected chi connectivity index (χ0v) is 81.1. The van der Waals surface area contributed by atoms with Crippen molar-refractivity contribution < 1.29 is 9.31 Å². The van der Waals surface area contributed by atoms with Crippen molar-refractivity contribution in [2.75, 3.05) is 0 Å². The van der Waals surface area contributed by atoms with E-state index in [2.05, 4.69) is 495 Å². The summed E-state index contributed by atoms with van der Waals surface area (Å²) in [7, 11) is -0.368. The van der Waals surface area contributed by atoms with Gasteiger partial charge in [-0.2, -0.15) is 0 Å². The third-order valence-electron chi connectivity index (χ3n) is 30.1. The number of imidazole rings is 2. The second kappa shape index (κ2) is 34.6. The number of aromatic nitrogens is 6. The topological polar surface area (TPSA) is 78.8 Å². The summed E-state index contributed by atoms with van der Waals surface area (Å²) in [5, 5.41) is 27.0. The average molecular weight is 1910 g/mol. The first-order chi connectivity index (χ1) is 70.8. The summed E-state index contributed by atoms with van der Waals surface area (Å²) in [6.07, 6.45) is 0. The second-order valence-corrected chi connectivity index (χ2v) is 39.6. The lowest BCUT2D eigenvalue weighted by Gasteiger charge is -2.32. The molecule has 0 bridgehead atoms. The molecule has 144 heavy (non-hydrogen) atoms. The molecule has 1 fully saturated rings. The normalized spacial score (nSPS) is 13.1. The lowest BCUT2D eigenvalue weighted by Crippen LogP contribution is -2.41. The van der Waals surface area contributed by atoms with Crippen molar-refractivity contribution in [3.63, 3.8) is 0 Å². The number of hydrogen-bond acceptors (Lipinski definition) is 6. The van der Waals surface area contributed by atoms with Gasteiger partial charge in [0.05, 0.1) is 44.3 Å². The van der Waals surface area contributed by atoms with E-state index >= 15 is 0 Å². The fourth-order valence-corrected chi connectivity index (χ4v) is 23.3. The number of para-hydroxylation sites is 6. The second-order valence-electron chi connectivity index (χ2n) is 38.8. The van der Waals surface area contributed by atoms with Crippen LogP contribution in [0.3, 0.4) is 0 Å². The molecule has 24 aromatic carbocycles. The van der Waals surface area contributed by atoms with Gasteiger partial charge in [-0.1, -0.05) is 413 Å². The molecule has 0 saturated carbocycles. The predicted octanol–water partition coefficient (Wildman–Crippen LogP) is 35.4. The molecule has 1 saturated heterocycles. The van der Waals surface area contributed by atoms with Crippen molar-refractivity contribution in [3.05, 3.63) is 478 Å². The Kier molecular flexibility index (Phi) is 20.6. The van der Waals surface area contributed by atoms with Gasteiger partial charge < -0.3 is 9.31 Å². The van der Waals surface area contributed by atoms with E-state index in [9.17, 15) is 0 Å². The van der Waals surface area contributed by atoms with Crippen molar-refractivity contribution in [1.29, 1.82) is 0 Å². The molecule has 0 unspecified atom stereocenters. The van der Waals surface area contributed by atoms with E-state index in [0.29, 0.717) is 0 Å². The van der Waals surface area contributed by atoms with Crippen LogP contribution in [0.4, 0.5) is 0 Å². The highest BCUT2D eigenvalue weighted by Crippen LogP contribution is 2.51. The third kappa shape index (κ3) is 14.2. The SMILES string of the molecule is Brc1c2ccccc2c(-c2ccc(-c3nc4ccccc4c4nc5ccccc5n34)cc2)c2ccccc12.CC1(C)OB(c2ccc(-c3c4ccccc4c(-c4ccc5ccccc5c4)c4ccccc34)cc2)OC1(C)C.c1ccc2cc(-c3c4ccccc4c(-c4ccc(-c5c6ccccc6c(-c6ccc(-c7nc8ccccc8c8nc9ccccc9n78)cc6)c6ccccc56)cc4)c4ccccc34)ccc2c1. The first-order valence-electron chi connectivity index (χ1n) is 49.3. The van der Waals surface area contributed by atoms with Crippen LogP contribution in [0, 0.1) is 0 Å². The van der Waals surface area contributed by atoms with Gasteiger partial charge in [0.1, 0.15) is 22.9 Å². The Morgan fingerprint density at radius 2 is 0.417 bits per heavy atom. The summed E-state index contributed by atoms with van der Waals surface area (Å²) < 4.78 is 18.2. The maximum atomic E-state index is 6.31. The van der Waals surface area contributed by atoms with Crippen molar-refractivity contribution in [2.45, 2.75) is 38.9 Å². The number of fused-ring (bicyclic) bond motifs is 20. The van der Waals surface area contributed by atoms with Gasteiger partial charge in [-0.05, 0) is 295 Å². The molecule has 28 aromatic rings. The first-order valence-corrected chi connectivity index (χ1v) is 50.1. The van der Waals surface area contributed by atoms with Crippen LogP contribution < -0.4 is 5.46 Å². The highest BCUT2D eigenvalue weighted by molar-refractivity contribution is 9.10. The number of nitrogens with zero attached hydrogens (tertiary/aromatic N) is 6. The Balaban J connectivity index is 0.000000115. The molecule has 1 aliphatic heterocycles. The van der Waals surface area contributed by atoms with E-state index in [1.54, 1.807) is 0 Å². The first kappa shape index (κ1) is 85.8. The average Bonchev–Trinajstić information content (AvgIpc) is 1.60. The van der Waals surface area contributed by atoms with Crippen molar-refractivity contribution in [2.24, 2.45) is 0 Å². The summed E-state index contributed by atoms with van der Waals surface area (Å²) in [6, 6.07) is 170. The van der Waals surface area contributed by atoms with Crippen LogP contribution >= 0.6 is 15.9 Å². The Morgan fingerprint density at radius 3 is 0.715 bits per heavy atom. The summed E-state index contributed by atoms with van der Waals surface area (Å²) in [5.74, 6) is 1.77. The molecular formula is C134H90BBrN6O2. The minimum absolute atomic E-state index is 0.360. The van der Waals surface area contributed by atoms with Crippen molar-refractivity contribution in [1.82, 2.24) is 28.7 Å². The molecule has 29 rings (SSSR count). The smallest absolute Gasteiger partial charge is 0.399 e. The van der Waals surface area contributed by atoms with Gasteiger partial charge in [0.2, 0.25) is 0 Å². The maximum absolute atomic E-state index is 6.31. The van der Waals surface area contributed by atoms with Gasteiger partial charge in [-0.15, -0.1) is 0 Å². The number of rotatable bonds is 10. The van der Waals surface area contributed by atoms with Gasteiger partial charge in [0.15, 0.2) is 0 Å². The van der Waals surface area contributed by atoms with Crippen LogP contribution in [0.2, 0.25) is 0 Å². The zero-order chi connectivity index (χ0) is 96.0. The van der Waals surface area contributed by atoms with E-state index in [1.165, 1.54) is 180 Å². The van der Waals surface area contributed by atoms with Gasteiger partial charge in [-0.3, -0.25) is 8.80 Å². The highest BCUT2D eigenvalue weighted by Gasteiger charge is 2.52. The largest absolute Gasteiger partial charge is 0.494 e. The minimum atomic E-state index is -0.368. The van der Waals surface area contributed by atoms with Crippen molar-refractivity contribution in [3.8, 4) is 101 Å². The standard InChI is InChI=1S/C64H39N3.C36H31BO2.C34H20BrN3/c1-2-16-45-39-46(38-29-40(45)15-1)62-53-23-9-7-21-51(53)60(52-22-8-10-24-54(52)62)42-32-30-41(31-33-42)59-47-17-3-5-19-49(47)61(50-20-6-4-18-48(50)59)43-34-36-44(37-35-43)63-65-56-26-12-11-25-55(56)64-66-57-27-13-14-28-58(57)67(63)64;1-35(2)36(3,4)39-37(38-35)28-21-19-25(20-22-28)33-29-13-7-9-15-31(29)34(32-16-10-8-14-30(32)33)27-18-17-24-11-5-6-12-26(24)23-27;35-32-25-11-3-1-9-23(25)31(24-10-2-4-12-26(24)32)21-17-19-22(20-18-21)33-36-28-14-6-5-13-27(28)34-37-29-15-7-8-16-30(29)38(33)34/h1-39H;5-23H,1-4H3;1-20H. The molecule has 0 radical (unpaired) electrons. The summed E-state index contributed by atoms with van der Waals surface area (Å²) in [5.41, 5.74) is 27.4. The molecule has 0 spiro atoms. The molecule has 1 aliphatic rings. The lowest BCUT2D eigenvalue weighted by molar-refractivity contribution is 0.00578. The molecular weight excluding hydrogens is 1820 g/mol. The molecule has 0 atom stereocenters. The molecule has 0 amide bonds. The fourth-order valence-electron chi connectivity index (χ4n) is 22.6. The van der Waals surface area contributed by atoms with Crippen LogP contribution in [-0.2, 0) is 9.31 Å². The summed E-state index contributed by atoms with van der Waals surface area (Å²) in [6.45, 7) is 8.38. The van der Waals surface area contributed by atoms with Gasteiger partial charge in [-0.25, -0.2) is 19.9 Å². The number of benzene rings is 24. The van der Waals surface area contributed by atoms with Gasteiger partial charge >= 0.3 is 7.12 Å². The summed E-state index contributed by atoms with van der Waals surface area (Å²) in [4.78, 5) is 20.4. The fraction of sp³-hybridized carbons (Fsp3) is 0.0448. The molecule has 0 N–H and O–H groups in total. The highest BCUT2D eigenvalue weighted by atomic mass is 79.9. The number of halogens is 1. The molecule has 5 heterocycles. The van der Waals surface area contributed by atoms with E-state index in [4.69, 9.17) is 29.2 Å². The molecule has 10 heteroatoms. The lowest BCUT2D eigenvalue weighted by atomic mass is 9.78. The number of hydrogen-bond donors (Lipinski definition) is 0. The third-order valence-corrected chi connectivity index (χ3v) is 30.9. The molecule has 8 nitrogen and oxygen atoms in total. The van der Waals surface area contributed by atoms with Crippen LogP contribution in [0.1, 0.15) is 27.7 Å². The predicted molar refractivity (Wildman–Crippen MR) is 610 cm³/mol. The van der Waals surface area contributed by atoms with Crippen LogP contribution in [-0.4, -0.2) is 47.1 Å². The maximum Gasteiger partial charge on any atom is 0.494 e. The zero-order valence-electron chi connectivity index (χ0n) is 79.5. The summed E-state index contributed by atoms with van der Waals surface area (Å²) >= 11 is 3.87. The molecule has 0 aliphatic carbocycles. The monoisotopic (exact) mass is 1900 g/mol. The molecule has 4 aromatic heterocycles. The van der Waals surface area contributed by atoms with E-state index in [0.717, 1.165) is 93.4 Å². The van der Waals surface area contributed by atoms with Gasteiger partial charge in [0.25, 0.3) is 0 Å². The van der Waals surface area contributed by atoms with E-state index < -0.39 is 0 Å². The van der Waals surface area contributed by atoms with Crippen molar-refractivity contribution >= 4 is 191 Å². The van der Waals surface area contributed by atoms with Crippen LogP contribution in [0.15, 0.2) is 478 Å². The van der Waals surface area contributed by atoms with Crippen LogP contribution in [0.25, 0.3) is 264 Å². The van der Waals surface area contributed by atoms with E-state index in [1.807, 2.05) is 30.3 Å². The Morgan fingerprint density at radius 1 is 0.201 bits per heavy atom.